The van der Waals surface area contributed by atoms with E-state index in [1.807, 2.05) is 12.1 Å². The van der Waals surface area contributed by atoms with Gasteiger partial charge in [0, 0.05) is 17.0 Å². The molecule has 1 aromatic carbocycles. The van der Waals surface area contributed by atoms with Gasteiger partial charge in [-0.25, -0.2) is 8.42 Å². The number of ether oxygens (including phenoxy) is 2. The molecule has 1 aliphatic rings. The minimum atomic E-state index is -2.92. The third kappa shape index (κ3) is 3.17. The largest absolute Gasteiger partial charge is 0.497 e. The quantitative estimate of drug-likeness (QED) is 0.792. The molecule has 1 aliphatic heterocycles. The summed E-state index contributed by atoms with van der Waals surface area (Å²) in [7, 11) is -1.33. The zero-order valence-corrected chi connectivity index (χ0v) is 12.5. The third-order valence-corrected chi connectivity index (χ3v) is 5.24. The van der Waals surface area contributed by atoms with Crippen molar-refractivity contribution in [2.45, 2.75) is 17.9 Å². The van der Waals surface area contributed by atoms with Crippen molar-refractivity contribution in [3.8, 4) is 11.5 Å². The molecule has 100 valence electrons. The highest BCUT2D eigenvalue weighted by Crippen LogP contribution is 2.29. The number of rotatable bonds is 4. The van der Waals surface area contributed by atoms with Gasteiger partial charge in [-0.3, -0.25) is 0 Å². The van der Waals surface area contributed by atoms with Crippen LogP contribution in [0.15, 0.2) is 18.2 Å². The second-order valence-electron chi connectivity index (χ2n) is 4.25. The maximum atomic E-state index is 11.4. The Balaban J connectivity index is 2.17. The van der Waals surface area contributed by atoms with Gasteiger partial charge in [-0.05, 0) is 12.5 Å². The van der Waals surface area contributed by atoms with Crippen molar-refractivity contribution in [3.63, 3.8) is 0 Å². The van der Waals surface area contributed by atoms with Gasteiger partial charge in [0.05, 0.1) is 18.6 Å². The van der Waals surface area contributed by atoms with Crippen LogP contribution in [0, 0.1) is 0 Å². The summed E-state index contributed by atoms with van der Waals surface area (Å²) in [6, 6.07) is 5.56. The highest BCUT2D eigenvalue weighted by atomic mass is 79.9. The lowest BCUT2D eigenvalue weighted by Crippen LogP contribution is -2.18. The molecule has 0 spiro atoms. The number of halogens is 1. The van der Waals surface area contributed by atoms with Crippen LogP contribution in [-0.4, -0.2) is 33.1 Å². The van der Waals surface area contributed by atoms with Crippen LogP contribution in [0.4, 0.5) is 0 Å². The van der Waals surface area contributed by atoms with E-state index in [0.717, 1.165) is 5.56 Å². The van der Waals surface area contributed by atoms with Gasteiger partial charge in [0.15, 0.2) is 9.84 Å². The molecule has 1 aromatic rings. The van der Waals surface area contributed by atoms with Crippen molar-refractivity contribution in [1.29, 1.82) is 0 Å². The first-order valence-electron chi connectivity index (χ1n) is 5.64. The van der Waals surface area contributed by atoms with Gasteiger partial charge < -0.3 is 9.47 Å². The fourth-order valence-corrected chi connectivity index (χ4v) is 3.97. The van der Waals surface area contributed by atoms with E-state index in [2.05, 4.69) is 15.9 Å². The highest BCUT2D eigenvalue weighted by molar-refractivity contribution is 9.08. The Bertz CT molecular complexity index is 527. The molecule has 1 atom stereocenters. The van der Waals surface area contributed by atoms with Crippen LogP contribution in [0.2, 0.25) is 0 Å². The minimum Gasteiger partial charge on any atom is -0.497 e. The molecule has 0 aliphatic carbocycles. The zero-order valence-electron chi connectivity index (χ0n) is 10.1. The van der Waals surface area contributed by atoms with Gasteiger partial charge in [0.1, 0.15) is 17.6 Å². The fourth-order valence-electron chi connectivity index (χ4n) is 1.92. The van der Waals surface area contributed by atoms with Crippen LogP contribution in [0.25, 0.3) is 0 Å². The molecule has 0 radical (unpaired) electrons. The van der Waals surface area contributed by atoms with Gasteiger partial charge >= 0.3 is 0 Å². The summed E-state index contributed by atoms with van der Waals surface area (Å²) in [6.45, 7) is 0. The number of benzene rings is 1. The second kappa shape index (κ2) is 5.48. The summed E-state index contributed by atoms with van der Waals surface area (Å²) in [5.41, 5.74) is 0.986. The van der Waals surface area contributed by atoms with Crippen molar-refractivity contribution in [3.05, 3.63) is 23.8 Å². The van der Waals surface area contributed by atoms with E-state index >= 15 is 0 Å². The van der Waals surface area contributed by atoms with Crippen LogP contribution in [0.1, 0.15) is 12.0 Å². The fraction of sp³-hybridized carbons (Fsp3) is 0.500. The molecule has 1 heterocycles. The van der Waals surface area contributed by atoms with Gasteiger partial charge in [-0.1, -0.05) is 22.0 Å². The molecule has 18 heavy (non-hydrogen) atoms. The standard InChI is InChI=1S/C12H15BrO4S/c1-16-10-3-2-9(7-13)12(6-10)17-11-4-5-18(14,15)8-11/h2-3,6,11H,4-5,7-8H2,1H3. The topological polar surface area (TPSA) is 52.6 Å². The van der Waals surface area contributed by atoms with E-state index in [-0.39, 0.29) is 17.6 Å². The molecule has 0 amide bonds. The molecule has 0 saturated carbocycles. The Hall–Kier alpha value is -0.750. The molecular weight excluding hydrogens is 320 g/mol. The van der Waals surface area contributed by atoms with Crippen molar-refractivity contribution < 1.29 is 17.9 Å². The molecule has 4 nitrogen and oxygen atoms in total. The van der Waals surface area contributed by atoms with E-state index < -0.39 is 9.84 Å². The van der Waals surface area contributed by atoms with Gasteiger partial charge in [0.25, 0.3) is 0 Å². The molecule has 1 fully saturated rings. The molecule has 1 saturated heterocycles. The Morgan fingerprint density at radius 3 is 2.78 bits per heavy atom. The first-order valence-corrected chi connectivity index (χ1v) is 8.58. The zero-order chi connectivity index (χ0) is 13.2. The first-order chi connectivity index (χ1) is 8.54. The number of methoxy groups -OCH3 is 1. The van der Waals surface area contributed by atoms with Gasteiger partial charge in [-0.15, -0.1) is 0 Å². The van der Waals surface area contributed by atoms with Crippen LogP contribution in [0.5, 0.6) is 11.5 Å². The number of hydrogen-bond donors (Lipinski definition) is 0. The molecule has 2 rings (SSSR count). The highest BCUT2D eigenvalue weighted by Gasteiger charge is 2.29. The smallest absolute Gasteiger partial charge is 0.154 e. The van der Waals surface area contributed by atoms with Crippen LogP contribution < -0.4 is 9.47 Å². The summed E-state index contributed by atoms with van der Waals surface area (Å²) >= 11 is 3.39. The maximum absolute atomic E-state index is 11.4. The predicted octanol–water partition coefficient (Wildman–Crippen LogP) is 2.16. The van der Waals surface area contributed by atoms with Crippen LogP contribution in [-0.2, 0) is 15.2 Å². The lowest BCUT2D eigenvalue weighted by atomic mass is 10.2. The van der Waals surface area contributed by atoms with Gasteiger partial charge in [0.2, 0.25) is 0 Å². The Kier molecular flexibility index (Phi) is 4.17. The number of alkyl halides is 1. The SMILES string of the molecule is COc1ccc(CBr)c(OC2CCS(=O)(=O)C2)c1. The summed E-state index contributed by atoms with van der Waals surface area (Å²) in [6.07, 6.45) is 0.307. The normalized spacial score (nSPS) is 21.8. The minimum absolute atomic E-state index is 0.103. The van der Waals surface area contributed by atoms with E-state index in [1.165, 1.54) is 0 Å². The van der Waals surface area contributed by atoms with Crippen LogP contribution >= 0.6 is 15.9 Å². The molecule has 6 heteroatoms. The molecule has 0 aromatic heterocycles. The van der Waals surface area contributed by atoms with E-state index in [0.29, 0.717) is 23.2 Å². The van der Waals surface area contributed by atoms with Crippen molar-refractivity contribution >= 4 is 25.8 Å². The lowest BCUT2D eigenvalue weighted by Gasteiger charge is -2.15. The first kappa shape index (κ1) is 13.7. The summed E-state index contributed by atoms with van der Waals surface area (Å²) < 4.78 is 33.7. The summed E-state index contributed by atoms with van der Waals surface area (Å²) in [5, 5.41) is 0.659. The van der Waals surface area contributed by atoms with Crippen molar-refractivity contribution in [2.75, 3.05) is 18.6 Å². The average molecular weight is 335 g/mol. The third-order valence-electron chi connectivity index (χ3n) is 2.90. The van der Waals surface area contributed by atoms with Crippen molar-refractivity contribution in [1.82, 2.24) is 0 Å². The number of sulfone groups is 1. The Morgan fingerprint density at radius 1 is 1.44 bits per heavy atom. The summed E-state index contributed by atoms with van der Waals surface area (Å²) in [4.78, 5) is 0. The number of hydrogen-bond acceptors (Lipinski definition) is 4. The predicted molar refractivity (Wildman–Crippen MR) is 73.3 cm³/mol. The monoisotopic (exact) mass is 334 g/mol. The molecular formula is C12H15BrO4S. The lowest BCUT2D eigenvalue weighted by molar-refractivity contribution is 0.226. The Labute approximate surface area is 115 Å². The average Bonchev–Trinajstić information content (AvgIpc) is 2.68. The Morgan fingerprint density at radius 2 is 2.22 bits per heavy atom. The molecule has 0 bridgehead atoms. The maximum Gasteiger partial charge on any atom is 0.154 e. The van der Waals surface area contributed by atoms with E-state index in [4.69, 9.17) is 9.47 Å². The second-order valence-corrected chi connectivity index (χ2v) is 7.04. The van der Waals surface area contributed by atoms with Crippen molar-refractivity contribution in [2.24, 2.45) is 0 Å². The van der Waals surface area contributed by atoms with E-state index in [9.17, 15) is 8.42 Å². The summed E-state index contributed by atoms with van der Waals surface area (Å²) in [5.74, 6) is 1.71. The van der Waals surface area contributed by atoms with E-state index in [1.54, 1.807) is 13.2 Å². The van der Waals surface area contributed by atoms with Gasteiger partial charge in [-0.2, -0.15) is 0 Å². The van der Waals surface area contributed by atoms with Crippen LogP contribution in [0.3, 0.4) is 0 Å². The molecule has 1 unspecified atom stereocenters. The molecule has 0 N–H and O–H groups in total.